The van der Waals surface area contributed by atoms with Crippen molar-refractivity contribution >= 4 is 39.5 Å². The molecule has 1 aromatic carbocycles. The smallest absolute Gasteiger partial charge is 0.127 e. The van der Waals surface area contributed by atoms with Crippen LogP contribution in [0.3, 0.4) is 0 Å². The second-order valence-corrected chi connectivity index (χ2v) is 5.94. The molecule has 21 heavy (non-hydrogen) atoms. The van der Waals surface area contributed by atoms with Crippen LogP contribution in [0.4, 0.5) is 5.82 Å². The molecule has 3 aromatic rings. The summed E-state index contributed by atoms with van der Waals surface area (Å²) in [6, 6.07) is 9.22. The Morgan fingerprint density at radius 2 is 2.00 bits per heavy atom. The van der Waals surface area contributed by atoms with E-state index in [-0.39, 0.29) is 5.75 Å². The van der Waals surface area contributed by atoms with Crippen LogP contribution < -0.4 is 4.90 Å². The second kappa shape index (κ2) is 5.54. The number of phenolic OH excluding ortho intramolecular Hbond substituents is 1. The number of hydrogen-bond acceptors (Lipinski definition) is 5. The summed E-state index contributed by atoms with van der Waals surface area (Å²) in [7, 11) is 3.93. The maximum Gasteiger partial charge on any atom is 0.127 e. The summed E-state index contributed by atoms with van der Waals surface area (Å²) in [6.45, 7) is 0. The molecule has 106 valence electrons. The SMILES string of the molecule is CN(C)c1ccc(/C=C/c2nc3ccc(O)cc3s2)cn1. The molecule has 2 aromatic heterocycles. The first-order chi connectivity index (χ1) is 10.1. The summed E-state index contributed by atoms with van der Waals surface area (Å²) in [5, 5.41) is 10.4. The molecule has 0 saturated carbocycles. The van der Waals surface area contributed by atoms with E-state index in [0.717, 1.165) is 26.6 Å². The molecule has 0 atom stereocenters. The van der Waals surface area contributed by atoms with Crippen LogP contribution in [-0.2, 0) is 0 Å². The number of benzene rings is 1. The van der Waals surface area contributed by atoms with Crippen molar-refractivity contribution in [1.82, 2.24) is 9.97 Å². The van der Waals surface area contributed by atoms with Gasteiger partial charge in [-0.2, -0.15) is 0 Å². The first-order valence-corrected chi connectivity index (χ1v) is 7.34. The van der Waals surface area contributed by atoms with Gasteiger partial charge >= 0.3 is 0 Å². The van der Waals surface area contributed by atoms with Gasteiger partial charge in [0.2, 0.25) is 0 Å². The fourth-order valence-corrected chi connectivity index (χ4v) is 2.83. The van der Waals surface area contributed by atoms with Crippen molar-refractivity contribution in [2.45, 2.75) is 0 Å². The van der Waals surface area contributed by atoms with Crippen molar-refractivity contribution < 1.29 is 5.11 Å². The minimum atomic E-state index is 0.269. The zero-order chi connectivity index (χ0) is 14.8. The normalized spacial score (nSPS) is 11.3. The molecule has 2 heterocycles. The molecule has 3 rings (SSSR count). The van der Waals surface area contributed by atoms with E-state index >= 15 is 0 Å². The lowest BCUT2D eigenvalue weighted by Gasteiger charge is -2.10. The number of anilines is 1. The average molecular weight is 297 g/mol. The van der Waals surface area contributed by atoms with E-state index in [9.17, 15) is 5.11 Å². The van der Waals surface area contributed by atoms with Gasteiger partial charge in [0.05, 0.1) is 10.2 Å². The van der Waals surface area contributed by atoms with Crippen LogP contribution in [0.1, 0.15) is 10.6 Å². The van der Waals surface area contributed by atoms with Crippen LogP contribution in [-0.4, -0.2) is 29.2 Å². The molecule has 1 N–H and O–H groups in total. The molecule has 0 saturated heterocycles. The van der Waals surface area contributed by atoms with Gasteiger partial charge in [0.25, 0.3) is 0 Å². The first-order valence-electron chi connectivity index (χ1n) is 6.53. The van der Waals surface area contributed by atoms with E-state index in [1.807, 2.05) is 55.5 Å². The lowest BCUT2D eigenvalue weighted by Crippen LogP contribution is -2.09. The minimum Gasteiger partial charge on any atom is -0.508 e. The van der Waals surface area contributed by atoms with Gasteiger partial charge in [-0.05, 0) is 42.0 Å². The Morgan fingerprint density at radius 3 is 2.71 bits per heavy atom. The molecule has 0 radical (unpaired) electrons. The summed E-state index contributed by atoms with van der Waals surface area (Å²) in [5.74, 6) is 1.20. The molecule has 0 amide bonds. The van der Waals surface area contributed by atoms with E-state index < -0.39 is 0 Å². The third-order valence-corrected chi connectivity index (χ3v) is 4.02. The monoisotopic (exact) mass is 297 g/mol. The summed E-state index contributed by atoms with van der Waals surface area (Å²) in [4.78, 5) is 10.8. The van der Waals surface area contributed by atoms with Gasteiger partial charge in [0.1, 0.15) is 16.6 Å². The molecule has 4 nitrogen and oxygen atoms in total. The van der Waals surface area contributed by atoms with Crippen LogP contribution in [0.15, 0.2) is 36.5 Å². The van der Waals surface area contributed by atoms with Gasteiger partial charge in [0.15, 0.2) is 0 Å². The summed E-state index contributed by atoms with van der Waals surface area (Å²) < 4.78 is 0.982. The molecule has 0 unspecified atom stereocenters. The van der Waals surface area contributed by atoms with Gasteiger partial charge in [-0.3, -0.25) is 0 Å². The molecule has 0 fully saturated rings. The lowest BCUT2D eigenvalue weighted by atomic mass is 10.2. The number of aromatic hydroxyl groups is 1. The Hall–Kier alpha value is -2.40. The zero-order valence-electron chi connectivity index (χ0n) is 11.8. The van der Waals surface area contributed by atoms with Crippen LogP contribution >= 0.6 is 11.3 Å². The number of aromatic nitrogens is 2. The van der Waals surface area contributed by atoms with Crippen molar-refractivity contribution in [3.05, 3.63) is 47.1 Å². The van der Waals surface area contributed by atoms with Gasteiger partial charge < -0.3 is 10.0 Å². The fraction of sp³-hybridized carbons (Fsp3) is 0.125. The van der Waals surface area contributed by atoms with E-state index in [0.29, 0.717) is 0 Å². The molecule has 0 spiro atoms. The number of phenols is 1. The van der Waals surface area contributed by atoms with Gasteiger partial charge in [0, 0.05) is 20.3 Å². The number of rotatable bonds is 3. The van der Waals surface area contributed by atoms with E-state index in [1.165, 1.54) is 0 Å². The van der Waals surface area contributed by atoms with Gasteiger partial charge in [-0.1, -0.05) is 6.08 Å². The summed E-state index contributed by atoms with van der Waals surface area (Å²) in [5.41, 5.74) is 1.93. The highest BCUT2D eigenvalue weighted by Crippen LogP contribution is 2.26. The predicted octanol–water partition coefficient (Wildman–Crippen LogP) is 3.63. The average Bonchev–Trinajstić information content (AvgIpc) is 2.87. The van der Waals surface area contributed by atoms with Crippen LogP contribution in [0.5, 0.6) is 5.75 Å². The third kappa shape index (κ3) is 3.03. The quantitative estimate of drug-likeness (QED) is 0.802. The molecule has 0 aliphatic heterocycles. The predicted molar refractivity (Wildman–Crippen MR) is 88.8 cm³/mol. The Morgan fingerprint density at radius 1 is 1.14 bits per heavy atom. The van der Waals surface area contributed by atoms with Gasteiger partial charge in [-0.25, -0.2) is 9.97 Å². The maximum atomic E-state index is 9.47. The number of hydrogen-bond donors (Lipinski definition) is 1. The van der Waals surface area contributed by atoms with Crippen molar-refractivity contribution in [2.24, 2.45) is 0 Å². The lowest BCUT2D eigenvalue weighted by molar-refractivity contribution is 0.476. The summed E-state index contributed by atoms with van der Waals surface area (Å²) in [6.07, 6.45) is 5.79. The van der Waals surface area contributed by atoms with E-state index in [1.54, 1.807) is 23.5 Å². The molecule has 0 bridgehead atoms. The first kappa shape index (κ1) is 13.6. The molecule has 5 heteroatoms. The Labute approximate surface area is 127 Å². The van der Waals surface area contributed by atoms with Crippen LogP contribution in [0.2, 0.25) is 0 Å². The van der Waals surface area contributed by atoms with Crippen molar-refractivity contribution in [1.29, 1.82) is 0 Å². The second-order valence-electron chi connectivity index (χ2n) is 4.88. The number of pyridine rings is 1. The Kier molecular flexibility index (Phi) is 3.58. The molecule has 0 aliphatic carbocycles. The zero-order valence-corrected chi connectivity index (χ0v) is 12.6. The third-order valence-electron chi connectivity index (χ3n) is 3.04. The maximum absolute atomic E-state index is 9.47. The number of fused-ring (bicyclic) bond motifs is 1. The minimum absolute atomic E-state index is 0.269. The van der Waals surface area contributed by atoms with E-state index in [2.05, 4.69) is 9.97 Å². The van der Waals surface area contributed by atoms with Crippen molar-refractivity contribution in [2.75, 3.05) is 19.0 Å². The largest absolute Gasteiger partial charge is 0.508 e. The summed E-state index contributed by atoms with van der Waals surface area (Å²) >= 11 is 1.55. The fourth-order valence-electron chi connectivity index (χ4n) is 1.93. The number of thiazole rings is 1. The van der Waals surface area contributed by atoms with Crippen molar-refractivity contribution in [3.63, 3.8) is 0 Å². The molecule has 0 aliphatic rings. The molecular formula is C16H15N3OS. The highest BCUT2D eigenvalue weighted by atomic mass is 32.1. The van der Waals surface area contributed by atoms with Crippen molar-refractivity contribution in [3.8, 4) is 5.75 Å². The topological polar surface area (TPSA) is 49.2 Å². The Balaban J connectivity index is 1.83. The van der Waals surface area contributed by atoms with Crippen LogP contribution in [0, 0.1) is 0 Å². The van der Waals surface area contributed by atoms with Crippen LogP contribution in [0.25, 0.3) is 22.4 Å². The Bertz CT molecular complexity index is 791. The van der Waals surface area contributed by atoms with E-state index in [4.69, 9.17) is 0 Å². The highest BCUT2D eigenvalue weighted by Gasteiger charge is 2.02. The number of nitrogens with zero attached hydrogens (tertiary/aromatic N) is 3. The van der Waals surface area contributed by atoms with Gasteiger partial charge in [-0.15, -0.1) is 11.3 Å². The highest BCUT2D eigenvalue weighted by molar-refractivity contribution is 7.19. The molecular weight excluding hydrogens is 282 g/mol. The standard InChI is InChI=1S/C16H15N3OS/c1-19(2)15-7-3-11(10-17-15)4-8-16-18-13-6-5-12(20)9-14(13)21-16/h3-10,20H,1-2H3/b8-4+.